The Morgan fingerprint density at radius 3 is 2.50 bits per heavy atom. The molecule has 0 spiro atoms. The zero-order valence-electron chi connectivity index (χ0n) is 14.6. The molecule has 0 unspecified atom stereocenters. The van der Waals surface area contributed by atoms with Crippen LogP contribution in [0.3, 0.4) is 0 Å². The molecular weight excluding hydrogens is 337 g/mol. The Labute approximate surface area is 151 Å². The van der Waals surface area contributed by atoms with Crippen LogP contribution in [0.5, 0.6) is 5.75 Å². The fourth-order valence-corrected chi connectivity index (χ4v) is 2.11. The first-order valence-electron chi connectivity index (χ1n) is 8.03. The number of halogens is 1. The summed E-state index contributed by atoms with van der Waals surface area (Å²) in [5, 5.41) is 2.68. The molecule has 0 aliphatic rings. The van der Waals surface area contributed by atoms with Crippen LogP contribution in [0.1, 0.15) is 18.1 Å². The number of rotatable bonds is 7. The third-order valence-corrected chi connectivity index (χ3v) is 3.59. The smallest absolute Gasteiger partial charge is 0.331 e. The average molecular weight is 357 g/mol. The maximum absolute atomic E-state index is 13.5. The number of benzene rings is 2. The topological polar surface area (TPSA) is 64.6 Å². The summed E-state index contributed by atoms with van der Waals surface area (Å²) < 4.78 is 23.5. The molecule has 2 aromatic carbocycles. The van der Waals surface area contributed by atoms with Gasteiger partial charge in [0.25, 0.3) is 5.91 Å². The van der Waals surface area contributed by atoms with Crippen LogP contribution in [0, 0.1) is 5.82 Å². The second-order valence-corrected chi connectivity index (χ2v) is 5.50. The molecule has 0 saturated heterocycles. The molecule has 1 amide bonds. The lowest BCUT2D eigenvalue weighted by Crippen LogP contribution is -2.35. The van der Waals surface area contributed by atoms with Crippen molar-refractivity contribution in [2.24, 2.45) is 0 Å². The first kappa shape index (κ1) is 19.2. The van der Waals surface area contributed by atoms with Crippen LogP contribution in [0.25, 0.3) is 6.08 Å². The van der Waals surface area contributed by atoms with E-state index in [4.69, 9.17) is 9.47 Å². The fourth-order valence-electron chi connectivity index (χ4n) is 2.11. The highest BCUT2D eigenvalue weighted by Gasteiger charge is 2.16. The van der Waals surface area contributed by atoms with Gasteiger partial charge in [-0.3, -0.25) is 4.79 Å². The summed E-state index contributed by atoms with van der Waals surface area (Å²) in [7, 11) is 1.58. The van der Waals surface area contributed by atoms with E-state index in [0.717, 1.165) is 17.4 Å². The summed E-state index contributed by atoms with van der Waals surface area (Å²) in [5.41, 5.74) is 1.15. The number of carbonyl (C=O) groups excluding carboxylic acids is 2. The quantitative estimate of drug-likeness (QED) is 0.611. The van der Waals surface area contributed by atoms with Gasteiger partial charge in [-0.05, 0) is 36.8 Å². The highest BCUT2D eigenvalue weighted by molar-refractivity contribution is 5.90. The largest absolute Gasteiger partial charge is 0.497 e. The van der Waals surface area contributed by atoms with E-state index in [-0.39, 0.29) is 5.56 Å². The zero-order chi connectivity index (χ0) is 18.9. The number of esters is 1. The van der Waals surface area contributed by atoms with Crippen LogP contribution < -0.4 is 10.1 Å². The van der Waals surface area contributed by atoms with Gasteiger partial charge in [0.1, 0.15) is 11.6 Å². The summed E-state index contributed by atoms with van der Waals surface area (Å²) in [6.07, 6.45) is 1.43. The lowest BCUT2D eigenvalue weighted by Gasteiger charge is -2.12. The van der Waals surface area contributed by atoms with E-state index < -0.39 is 23.8 Å². The van der Waals surface area contributed by atoms with Gasteiger partial charge in [0.2, 0.25) is 0 Å². The number of hydrogen-bond donors (Lipinski definition) is 1. The van der Waals surface area contributed by atoms with E-state index in [2.05, 4.69) is 5.32 Å². The first-order chi connectivity index (χ1) is 12.5. The zero-order valence-corrected chi connectivity index (χ0v) is 14.6. The standard InChI is InChI=1S/C20H20FNO4/c1-14(20(24)22-13-15-7-10-17(25-2)11-8-15)26-19(23)12-9-16-5-3-4-6-18(16)21/h3-12,14H,13H2,1-2H3,(H,22,24)/b12-9+/t14-/m1/s1. The molecule has 2 rings (SSSR count). The van der Waals surface area contributed by atoms with E-state index >= 15 is 0 Å². The summed E-state index contributed by atoms with van der Waals surface area (Å²) in [5.74, 6) is -0.861. The Balaban J connectivity index is 1.82. The summed E-state index contributed by atoms with van der Waals surface area (Å²) in [6, 6.07) is 13.3. The molecule has 0 aliphatic carbocycles. The Kier molecular flexibility index (Phi) is 6.91. The maximum Gasteiger partial charge on any atom is 0.331 e. The van der Waals surface area contributed by atoms with E-state index in [1.807, 2.05) is 12.1 Å². The van der Waals surface area contributed by atoms with Crippen LogP contribution in [-0.4, -0.2) is 25.1 Å². The molecule has 0 fully saturated rings. The van der Waals surface area contributed by atoms with Crippen LogP contribution in [0.2, 0.25) is 0 Å². The van der Waals surface area contributed by atoms with E-state index in [9.17, 15) is 14.0 Å². The summed E-state index contributed by atoms with van der Waals surface area (Å²) in [4.78, 5) is 23.8. The first-order valence-corrected chi connectivity index (χ1v) is 8.03. The van der Waals surface area contributed by atoms with Gasteiger partial charge in [-0.1, -0.05) is 30.3 Å². The predicted octanol–water partition coefficient (Wildman–Crippen LogP) is 3.10. The van der Waals surface area contributed by atoms with E-state index in [1.165, 1.54) is 25.1 Å². The van der Waals surface area contributed by atoms with E-state index in [0.29, 0.717) is 6.54 Å². The van der Waals surface area contributed by atoms with Gasteiger partial charge in [-0.2, -0.15) is 0 Å². The third kappa shape index (κ3) is 5.73. The van der Waals surface area contributed by atoms with Crippen molar-refractivity contribution in [3.8, 4) is 5.75 Å². The highest BCUT2D eigenvalue weighted by atomic mass is 19.1. The molecule has 136 valence electrons. The second kappa shape index (κ2) is 9.36. The normalized spacial score (nSPS) is 11.8. The van der Waals surface area contributed by atoms with E-state index in [1.54, 1.807) is 31.4 Å². The van der Waals surface area contributed by atoms with Gasteiger partial charge >= 0.3 is 5.97 Å². The Morgan fingerprint density at radius 2 is 1.85 bits per heavy atom. The van der Waals surface area contributed by atoms with Gasteiger partial charge < -0.3 is 14.8 Å². The minimum atomic E-state index is -0.967. The number of hydrogen-bond acceptors (Lipinski definition) is 4. The van der Waals surface area contributed by atoms with Gasteiger partial charge in [-0.25, -0.2) is 9.18 Å². The molecule has 0 aliphatic heterocycles. The minimum absolute atomic E-state index is 0.265. The van der Waals surface area contributed by atoms with Crippen LogP contribution >= 0.6 is 0 Å². The Morgan fingerprint density at radius 1 is 1.15 bits per heavy atom. The van der Waals surface area contributed by atoms with Crippen molar-refractivity contribution >= 4 is 18.0 Å². The van der Waals surface area contributed by atoms with Crippen molar-refractivity contribution in [3.63, 3.8) is 0 Å². The van der Waals surface area contributed by atoms with Crippen LogP contribution in [-0.2, 0) is 20.9 Å². The monoisotopic (exact) mass is 357 g/mol. The van der Waals surface area contributed by atoms with Crippen molar-refractivity contribution in [2.75, 3.05) is 7.11 Å². The maximum atomic E-state index is 13.5. The lowest BCUT2D eigenvalue weighted by atomic mass is 10.2. The molecule has 0 aromatic heterocycles. The number of ether oxygens (including phenoxy) is 2. The Hall–Kier alpha value is -3.15. The molecule has 2 aromatic rings. The van der Waals surface area contributed by atoms with Crippen LogP contribution in [0.4, 0.5) is 4.39 Å². The van der Waals surface area contributed by atoms with Gasteiger partial charge in [0.15, 0.2) is 6.10 Å². The molecule has 0 saturated carbocycles. The Bertz CT molecular complexity index is 787. The molecule has 26 heavy (non-hydrogen) atoms. The molecule has 1 atom stereocenters. The molecule has 6 heteroatoms. The summed E-state index contributed by atoms with van der Waals surface area (Å²) in [6.45, 7) is 1.77. The third-order valence-electron chi connectivity index (χ3n) is 3.59. The number of amides is 1. The number of nitrogens with one attached hydrogen (secondary N) is 1. The SMILES string of the molecule is COc1ccc(CNC(=O)[C@@H](C)OC(=O)/C=C/c2ccccc2F)cc1. The number of carbonyl (C=O) groups is 2. The minimum Gasteiger partial charge on any atom is -0.497 e. The fraction of sp³-hybridized carbons (Fsp3) is 0.200. The molecule has 0 radical (unpaired) electrons. The van der Waals surface area contributed by atoms with Crippen molar-refractivity contribution in [2.45, 2.75) is 19.6 Å². The van der Waals surface area contributed by atoms with Crippen LogP contribution in [0.15, 0.2) is 54.6 Å². The van der Waals surface area contributed by atoms with Crippen molar-refractivity contribution in [1.82, 2.24) is 5.32 Å². The van der Waals surface area contributed by atoms with Crippen molar-refractivity contribution in [1.29, 1.82) is 0 Å². The highest BCUT2D eigenvalue weighted by Crippen LogP contribution is 2.11. The lowest BCUT2D eigenvalue weighted by molar-refractivity contribution is -0.150. The second-order valence-electron chi connectivity index (χ2n) is 5.50. The van der Waals surface area contributed by atoms with Gasteiger partial charge in [0, 0.05) is 18.2 Å². The number of methoxy groups -OCH3 is 1. The summed E-state index contributed by atoms with van der Waals surface area (Å²) >= 11 is 0. The molecular formula is C20H20FNO4. The van der Waals surface area contributed by atoms with Gasteiger partial charge in [0.05, 0.1) is 7.11 Å². The molecule has 0 bridgehead atoms. The van der Waals surface area contributed by atoms with Crippen molar-refractivity contribution < 1.29 is 23.5 Å². The molecule has 5 nitrogen and oxygen atoms in total. The average Bonchev–Trinajstić information content (AvgIpc) is 2.65. The van der Waals surface area contributed by atoms with Crippen molar-refractivity contribution in [3.05, 3.63) is 71.6 Å². The molecule has 0 heterocycles. The van der Waals surface area contributed by atoms with Gasteiger partial charge in [-0.15, -0.1) is 0 Å². The molecule has 1 N–H and O–H groups in total. The predicted molar refractivity (Wildman–Crippen MR) is 95.8 cm³/mol.